The first-order valence-corrected chi connectivity index (χ1v) is 10.2. The van der Waals surface area contributed by atoms with E-state index in [1.807, 2.05) is 55.5 Å². The maximum Gasteiger partial charge on any atom is 0.343 e. The van der Waals surface area contributed by atoms with Crippen LogP contribution in [0.3, 0.4) is 0 Å². The van der Waals surface area contributed by atoms with E-state index in [9.17, 15) is 4.79 Å². The summed E-state index contributed by atoms with van der Waals surface area (Å²) in [7, 11) is 1.58. The van der Waals surface area contributed by atoms with Crippen molar-refractivity contribution in [2.45, 2.75) is 6.92 Å². The van der Waals surface area contributed by atoms with Gasteiger partial charge in [0.15, 0.2) is 5.75 Å². The van der Waals surface area contributed by atoms with E-state index in [0.29, 0.717) is 40.8 Å². The summed E-state index contributed by atoms with van der Waals surface area (Å²) in [6, 6.07) is 25.5. The molecule has 0 unspecified atom stereocenters. The smallest absolute Gasteiger partial charge is 0.343 e. The Morgan fingerprint density at radius 3 is 2.34 bits per heavy atom. The zero-order valence-corrected chi connectivity index (χ0v) is 17.8. The van der Waals surface area contributed by atoms with E-state index in [1.165, 1.54) is 0 Å². The highest BCUT2D eigenvalue weighted by molar-refractivity contribution is 5.98. The van der Waals surface area contributed by atoms with E-state index in [4.69, 9.17) is 14.2 Å². The largest absolute Gasteiger partial charge is 0.494 e. The molecule has 4 rings (SSSR count). The predicted molar refractivity (Wildman–Crippen MR) is 124 cm³/mol. The van der Waals surface area contributed by atoms with Crippen LogP contribution in [-0.2, 0) is 0 Å². The molecule has 0 aliphatic carbocycles. The van der Waals surface area contributed by atoms with Gasteiger partial charge in [0.05, 0.1) is 19.3 Å². The summed E-state index contributed by atoms with van der Waals surface area (Å²) >= 11 is 0. The maximum absolute atomic E-state index is 12.8. The third-order valence-electron chi connectivity index (χ3n) is 4.81. The first kappa shape index (κ1) is 21.1. The van der Waals surface area contributed by atoms with Gasteiger partial charge in [0, 0.05) is 5.39 Å². The predicted octanol–water partition coefficient (Wildman–Crippen LogP) is 6.88. The zero-order chi connectivity index (χ0) is 22.3. The first-order valence-electron chi connectivity index (χ1n) is 10.2. The fourth-order valence-corrected chi connectivity index (χ4v) is 3.25. The minimum absolute atomic E-state index is 0.321. The second-order valence-electron chi connectivity index (χ2n) is 6.85. The molecule has 0 spiro atoms. The summed E-state index contributed by atoms with van der Waals surface area (Å²) in [6.07, 6.45) is 0. The molecule has 32 heavy (non-hydrogen) atoms. The molecule has 0 aliphatic rings. The molecule has 6 nitrogen and oxygen atoms in total. The lowest BCUT2D eigenvalue weighted by Crippen LogP contribution is -2.08. The van der Waals surface area contributed by atoms with Crippen LogP contribution in [0.4, 0.5) is 11.4 Å². The van der Waals surface area contributed by atoms with Crippen LogP contribution < -0.4 is 14.2 Å². The van der Waals surface area contributed by atoms with Gasteiger partial charge in [0.2, 0.25) is 0 Å². The van der Waals surface area contributed by atoms with Crippen LogP contribution in [0.2, 0.25) is 0 Å². The maximum atomic E-state index is 12.8. The minimum atomic E-state index is -0.489. The van der Waals surface area contributed by atoms with Gasteiger partial charge in [-0.1, -0.05) is 42.5 Å². The second-order valence-corrected chi connectivity index (χ2v) is 6.85. The van der Waals surface area contributed by atoms with Gasteiger partial charge in [-0.3, -0.25) is 0 Å². The number of hydrogen-bond acceptors (Lipinski definition) is 6. The average Bonchev–Trinajstić information content (AvgIpc) is 2.84. The van der Waals surface area contributed by atoms with Gasteiger partial charge in [-0.25, -0.2) is 4.79 Å². The molecule has 0 radical (unpaired) electrons. The Morgan fingerprint density at radius 2 is 1.56 bits per heavy atom. The summed E-state index contributed by atoms with van der Waals surface area (Å²) in [5.41, 5.74) is 1.45. The number of carbonyl (C=O) groups is 1. The molecule has 4 aromatic rings. The van der Waals surface area contributed by atoms with Crippen LogP contribution in [0.15, 0.2) is 95.2 Å². The highest BCUT2D eigenvalue weighted by atomic mass is 16.5. The van der Waals surface area contributed by atoms with Crippen molar-refractivity contribution in [3.8, 4) is 17.2 Å². The Balaban J connectivity index is 1.70. The van der Waals surface area contributed by atoms with Crippen molar-refractivity contribution in [1.29, 1.82) is 0 Å². The van der Waals surface area contributed by atoms with Crippen LogP contribution in [0.25, 0.3) is 10.8 Å². The standard InChI is InChI=1S/C26H22N2O4/c1-3-31-20-15-12-19(13-16-20)26(29)32-24-17-14-18-8-4-5-9-21(18)25(24)28-27-22-10-6-7-11-23(22)30-2/h4-17H,3H2,1-2H3. The number of fused-ring (bicyclic) bond motifs is 1. The Bertz CT molecular complexity index is 1270. The minimum Gasteiger partial charge on any atom is -0.494 e. The van der Waals surface area contributed by atoms with E-state index in [0.717, 1.165) is 10.8 Å². The van der Waals surface area contributed by atoms with Crippen LogP contribution in [0.1, 0.15) is 17.3 Å². The molecule has 0 N–H and O–H groups in total. The molecule has 4 aromatic carbocycles. The summed E-state index contributed by atoms with van der Waals surface area (Å²) in [5.74, 6) is 1.13. The number of para-hydroxylation sites is 1. The van der Waals surface area contributed by atoms with Crippen LogP contribution in [-0.4, -0.2) is 19.7 Å². The highest BCUT2D eigenvalue weighted by Crippen LogP contribution is 2.38. The highest BCUT2D eigenvalue weighted by Gasteiger charge is 2.15. The number of carbonyl (C=O) groups excluding carboxylic acids is 1. The molecule has 0 heterocycles. The molecular formula is C26H22N2O4. The van der Waals surface area contributed by atoms with E-state index in [-0.39, 0.29) is 0 Å². The van der Waals surface area contributed by atoms with Crippen molar-refractivity contribution in [1.82, 2.24) is 0 Å². The number of methoxy groups -OCH3 is 1. The Kier molecular flexibility index (Phi) is 6.41. The summed E-state index contributed by atoms with van der Waals surface area (Å²) in [5, 5.41) is 10.6. The molecule has 0 bridgehead atoms. The normalized spacial score (nSPS) is 10.9. The molecule has 0 aliphatic heterocycles. The van der Waals surface area contributed by atoms with Crippen molar-refractivity contribution < 1.29 is 19.0 Å². The van der Waals surface area contributed by atoms with E-state index < -0.39 is 5.97 Å². The Hall–Kier alpha value is -4.19. The second kappa shape index (κ2) is 9.75. The first-order chi connectivity index (χ1) is 15.7. The topological polar surface area (TPSA) is 69.5 Å². The van der Waals surface area contributed by atoms with Crippen LogP contribution in [0.5, 0.6) is 17.2 Å². The van der Waals surface area contributed by atoms with Crippen molar-refractivity contribution in [3.63, 3.8) is 0 Å². The summed E-state index contributed by atoms with van der Waals surface area (Å²) < 4.78 is 16.5. The molecule has 0 saturated heterocycles. The lowest BCUT2D eigenvalue weighted by Gasteiger charge is -2.10. The van der Waals surface area contributed by atoms with Crippen LogP contribution >= 0.6 is 0 Å². The quantitative estimate of drug-likeness (QED) is 0.183. The molecule has 0 saturated carbocycles. The SMILES string of the molecule is CCOc1ccc(C(=O)Oc2ccc3ccccc3c2N=Nc2ccccc2OC)cc1. The fourth-order valence-electron chi connectivity index (χ4n) is 3.25. The zero-order valence-electron chi connectivity index (χ0n) is 17.8. The molecule has 0 fully saturated rings. The van der Waals surface area contributed by atoms with E-state index in [2.05, 4.69) is 10.2 Å². The molecule has 6 heteroatoms. The summed E-state index contributed by atoms with van der Waals surface area (Å²) in [4.78, 5) is 12.8. The number of ether oxygens (including phenoxy) is 3. The molecule has 0 atom stereocenters. The third kappa shape index (κ3) is 4.59. The van der Waals surface area contributed by atoms with Gasteiger partial charge in [-0.15, -0.1) is 10.2 Å². The van der Waals surface area contributed by atoms with Crippen molar-refractivity contribution in [2.24, 2.45) is 10.2 Å². The molecule has 160 valence electrons. The van der Waals surface area contributed by atoms with Gasteiger partial charge in [0.1, 0.15) is 22.9 Å². The van der Waals surface area contributed by atoms with Crippen molar-refractivity contribution >= 4 is 28.1 Å². The van der Waals surface area contributed by atoms with E-state index >= 15 is 0 Å². The number of benzene rings is 4. The van der Waals surface area contributed by atoms with Gasteiger partial charge in [-0.2, -0.15) is 0 Å². The van der Waals surface area contributed by atoms with Gasteiger partial charge < -0.3 is 14.2 Å². The lowest BCUT2D eigenvalue weighted by atomic mass is 10.1. The van der Waals surface area contributed by atoms with Gasteiger partial charge in [-0.05, 0) is 54.8 Å². The number of azo groups is 1. The number of nitrogens with zero attached hydrogens (tertiary/aromatic N) is 2. The van der Waals surface area contributed by atoms with Gasteiger partial charge in [0.25, 0.3) is 0 Å². The third-order valence-corrected chi connectivity index (χ3v) is 4.81. The molecule has 0 amide bonds. The van der Waals surface area contributed by atoms with E-state index in [1.54, 1.807) is 43.5 Å². The monoisotopic (exact) mass is 426 g/mol. The number of hydrogen-bond donors (Lipinski definition) is 0. The van der Waals surface area contributed by atoms with Crippen LogP contribution in [0, 0.1) is 0 Å². The Labute approximate surface area is 186 Å². The van der Waals surface area contributed by atoms with Crippen molar-refractivity contribution in [2.75, 3.05) is 13.7 Å². The molecule has 0 aromatic heterocycles. The Morgan fingerprint density at radius 1 is 0.812 bits per heavy atom. The average molecular weight is 426 g/mol. The molecular weight excluding hydrogens is 404 g/mol. The van der Waals surface area contributed by atoms with Gasteiger partial charge >= 0.3 is 5.97 Å². The number of rotatable bonds is 7. The lowest BCUT2D eigenvalue weighted by molar-refractivity contribution is 0.0735. The fraction of sp³-hybridized carbons (Fsp3) is 0.115. The van der Waals surface area contributed by atoms with Crippen molar-refractivity contribution in [3.05, 3.63) is 90.5 Å². The summed E-state index contributed by atoms with van der Waals surface area (Å²) in [6.45, 7) is 2.46. The number of esters is 1.